The Balaban J connectivity index is 1.89. The molecule has 0 fully saturated rings. The van der Waals surface area contributed by atoms with Gasteiger partial charge >= 0.3 is 0 Å². The normalized spacial score (nSPS) is 11.9. The van der Waals surface area contributed by atoms with Gasteiger partial charge in [-0.05, 0) is 62.7 Å². The van der Waals surface area contributed by atoms with Crippen molar-refractivity contribution in [3.05, 3.63) is 95.2 Å². The summed E-state index contributed by atoms with van der Waals surface area (Å²) in [5.41, 5.74) is 3.89. The lowest BCUT2D eigenvalue weighted by Gasteiger charge is -2.28. The summed E-state index contributed by atoms with van der Waals surface area (Å²) in [5.74, 6) is 1.45. The highest BCUT2D eigenvalue weighted by Gasteiger charge is 2.39. The van der Waals surface area contributed by atoms with Crippen LogP contribution in [-0.4, -0.2) is 30.2 Å². The molecule has 4 aromatic heterocycles. The van der Waals surface area contributed by atoms with E-state index in [2.05, 4.69) is 25.1 Å². The summed E-state index contributed by atoms with van der Waals surface area (Å²) in [5, 5.41) is 16.4. The Morgan fingerprint density at radius 1 is 0.935 bits per heavy atom. The lowest BCUT2D eigenvalue weighted by atomic mass is 9.83. The average molecular weight is 411 g/mol. The number of aryl methyl sites for hydroxylation is 3. The van der Waals surface area contributed by atoms with Gasteiger partial charge in [-0.2, -0.15) is 0 Å². The molecule has 5 aromatic rings. The summed E-state index contributed by atoms with van der Waals surface area (Å²) in [7, 11) is 0. The number of hydrogen-bond acceptors (Lipinski definition) is 6. The van der Waals surface area contributed by atoms with Crippen LogP contribution in [0.15, 0.2) is 65.4 Å². The first-order valence-corrected chi connectivity index (χ1v) is 9.98. The van der Waals surface area contributed by atoms with E-state index in [1.54, 1.807) is 24.5 Å². The number of rotatable bonds is 4. The number of pyridine rings is 2. The molecule has 0 spiro atoms. The maximum Gasteiger partial charge on any atom is 0.176 e. The molecule has 0 amide bonds. The van der Waals surface area contributed by atoms with E-state index < -0.39 is 5.60 Å². The van der Waals surface area contributed by atoms with Crippen LogP contribution in [0.25, 0.3) is 22.2 Å². The number of hydrogen-bond donors (Lipinski definition) is 2. The SMILES string of the molecule is Cc1nc2c(C(O)(c3ccccn3)c3ccccn3)cc(-c3c(C)noc3C)cc2[nH]1. The van der Waals surface area contributed by atoms with E-state index in [0.717, 1.165) is 28.2 Å². The van der Waals surface area contributed by atoms with Crippen LogP contribution < -0.4 is 0 Å². The zero-order valence-electron chi connectivity index (χ0n) is 17.4. The molecular weight excluding hydrogens is 390 g/mol. The zero-order chi connectivity index (χ0) is 21.6. The van der Waals surface area contributed by atoms with Crippen LogP contribution >= 0.6 is 0 Å². The minimum Gasteiger partial charge on any atom is -0.373 e. The quantitative estimate of drug-likeness (QED) is 0.459. The van der Waals surface area contributed by atoms with Crippen molar-refractivity contribution in [2.45, 2.75) is 26.4 Å². The number of fused-ring (bicyclic) bond motifs is 1. The summed E-state index contributed by atoms with van der Waals surface area (Å²) in [6.07, 6.45) is 3.32. The first-order chi connectivity index (χ1) is 15.0. The molecule has 4 heterocycles. The number of aliphatic hydroxyl groups is 1. The van der Waals surface area contributed by atoms with Gasteiger partial charge in [0.1, 0.15) is 11.6 Å². The summed E-state index contributed by atoms with van der Waals surface area (Å²) in [6, 6.07) is 14.9. The maximum absolute atomic E-state index is 12.3. The lowest BCUT2D eigenvalue weighted by molar-refractivity contribution is 0.117. The number of imidazole rings is 1. The molecule has 0 bridgehead atoms. The summed E-state index contributed by atoms with van der Waals surface area (Å²) in [6.45, 7) is 5.67. The molecule has 0 aliphatic rings. The molecule has 0 aliphatic carbocycles. The third-order valence-electron chi connectivity index (χ3n) is 5.49. The fourth-order valence-electron chi connectivity index (χ4n) is 4.12. The van der Waals surface area contributed by atoms with Crippen molar-refractivity contribution >= 4 is 11.0 Å². The van der Waals surface area contributed by atoms with E-state index in [-0.39, 0.29) is 0 Å². The van der Waals surface area contributed by atoms with E-state index in [0.29, 0.717) is 28.2 Å². The third-order valence-corrected chi connectivity index (χ3v) is 5.49. The van der Waals surface area contributed by atoms with Crippen molar-refractivity contribution < 1.29 is 9.63 Å². The second-order valence-corrected chi connectivity index (χ2v) is 7.58. The van der Waals surface area contributed by atoms with E-state index in [9.17, 15) is 5.11 Å². The number of H-pyrrole nitrogens is 1. The number of nitrogens with zero attached hydrogens (tertiary/aromatic N) is 4. The van der Waals surface area contributed by atoms with Crippen LogP contribution in [0.4, 0.5) is 0 Å². The molecule has 0 saturated heterocycles. The van der Waals surface area contributed by atoms with Crippen LogP contribution in [0, 0.1) is 20.8 Å². The highest BCUT2D eigenvalue weighted by Crippen LogP contribution is 2.41. The van der Waals surface area contributed by atoms with Crippen molar-refractivity contribution in [1.29, 1.82) is 0 Å². The molecule has 154 valence electrons. The van der Waals surface area contributed by atoms with E-state index in [1.165, 1.54) is 0 Å². The van der Waals surface area contributed by atoms with Crippen molar-refractivity contribution in [1.82, 2.24) is 25.1 Å². The molecule has 5 rings (SSSR count). The molecule has 0 atom stereocenters. The monoisotopic (exact) mass is 411 g/mol. The summed E-state index contributed by atoms with van der Waals surface area (Å²) < 4.78 is 5.40. The Morgan fingerprint density at radius 3 is 2.16 bits per heavy atom. The number of aromatic amines is 1. The third kappa shape index (κ3) is 3.02. The van der Waals surface area contributed by atoms with Crippen LogP contribution in [0.1, 0.15) is 34.2 Å². The fourth-order valence-corrected chi connectivity index (χ4v) is 4.12. The largest absolute Gasteiger partial charge is 0.373 e. The second-order valence-electron chi connectivity index (χ2n) is 7.58. The van der Waals surface area contributed by atoms with Gasteiger partial charge in [0.2, 0.25) is 0 Å². The van der Waals surface area contributed by atoms with Crippen LogP contribution in [0.2, 0.25) is 0 Å². The van der Waals surface area contributed by atoms with Crippen molar-refractivity contribution in [3.8, 4) is 11.1 Å². The smallest absolute Gasteiger partial charge is 0.176 e. The highest BCUT2D eigenvalue weighted by molar-refractivity contribution is 5.87. The van der Waals surface area contributed by atoms with Gasteiger partial charge < -0.3 is 14.6 Å². The lowest BCUT2D eigenvalue weighted by Crippen LogP contribution is -2.31. The fraction of sp³-hybridized carbons (Fsp3) is 0.167. The van der Waals surface area contributed by atoms with Crippen LogP contribution in [0.5, 0.6) is 0 Å². The zero-order valence-corrected chi connectivity index (χ0v) is 17.4. The summed E-state index contributed by atoms with van der Waals surface area (Å²) in [4.78, 5) is 17.0. The predicted octanol–water partition coefficient (Wildman–Crippen LogP) is 4.22. The van der Waals surface area contributed by atoms with Gasteiger partial charge in [0.05, 0.1) is 28.1 Å². The van der Waals surface area contributed by atoms with Crippen molar-refractivity contribution in [2.75, 3.05) is 0 Å². The molecule has 31 heavy (non-hydrogen) atoms. The molecule has 7 heteroatoms. The van der Waals surface area contributed by atoms with Gasteiger partial charge in [-0.15, -0.1) is 0 Å². The van der Waals surface area contributed by atoms with Gasteiger partial charge in [0, 0.05) is 23.5 Å². The van der Waals surface area contributed by atoms with Crippen molar-refractivity contribution in [3.63, 3.8) is 0 Å². The standard InChI is InChI=1S/C24H21N5O2/c1-14-22(15(2)31-29-14)17-12-18(23-19(13-17)27-16(3)28-23)24(30,20-8-4-6-10-25-20)21-9-5-7-11-26-21/h4-13,30H,1-3H3,(H,27,28). The Hall–Kier alpha value is -3.84. The molecule has 0 aliphatic heterocycles. The Bertz CT molecular complexity index is 1310. The number of nitrogens with one attached hydrogen (secondary N) is 1. The topological polar surface area (TPSA) is 101 Å². The Kier molecular flexibility index (Phi) is 4.41. The first kappa shape index (κ1) is 19.1. The maximum atomic E-state index is 12.3. The van der Waals surface area contributed by atoms with Gasteiger partial charge in [-0.3, -0.25) is 9.97 Å². The highest BCUT2D eigenvalue weighted by atomic mass is 16.5. The predicted molar refractivity (Wildman–Crippen MR) is 116 cm³/mol. The van der Waals surface area contributed by atoms with Crippen molar-refractivity contribution in [2.24, 2.45) is 0 Å². The van der Waals surface area contributed by atoms with Crippen LogP contribution in [-0.2, 0) is 5.60 Å². The minimum atomic E-state index is -1.61. The molecule has 2 N–H and O–H groups in total. The average Bonchev–Trinajstić information content (AvgIpc) is 3.34. The molecule has 0 radical (unpaired) electrons. The number of benzene rings is 1. The Labute approximate surface area is 178 Å². The van der Waals surface area contributed by atoms with Gasteiger partial charge in [0.25, 0.3) is 0 Å². The van der Waals surface area contributed by atoms with E-state index in [1.807, 2.05) is 57.2 Å². The molecule has 0 saturated carbocycles. The summed E-state index contributed by atoms with van der Waals surface area (Å²) >= 11 is 0. The van der Waals surface area contributed by atoms with E-state index >= 15 is 0 Å². The first-order valence-electron chi connectivity index (χ1n) is 9.98. The van der Waals surface area contributed by atoms with Gasteiger partial charge in [-0.1, -0.05) is 17.3 Å². The minimum absolute atomic E-state index is 0.464. The molecular formula is C24H21N5O2. The molecule has 1 aromatic carbocycles. The molecule has 7 nitrogen and oxygen atoms in total. The molecule has 0 unspecified atom stereocenters. The Morgan fingerprint density at radius 2 is 1.61 bits per heavy atom. The van der Waals surface area contributed by atoms with Gasteiger partial charge in [0.15, 0.2) is 5.60 Å². The number of aromatic nitrogens is 5. The van der Waals surface area contributed by atoms with Gasteiger partial charge in [-0.25, -0.2) is 4.98 Å². The second kappa shape index (κ2) is 7.14. The van der Waals surface area contributed by atoms with E-state index in [4.69, 9.17) is 4.52 Å². The van der Waals surface area contributed by atoms with Crippen LogP contribution in [0.3, 0.4) is 0 Å².